The number of furan rings is 1. The molecule has 69 heavy (non-hydrogen) atoms. The minimum absolute atomic E-state index is 0.452. The maximum atomic E-state index is 6.45. The molecule has 2 nitrogen and oxygen atoms in total. The lowest BCUT2D eigenvalue weighted by Crippen LogP contribution is -2.26. The van der Waals surface area contributed by atoms with Crippen molar-refractivity contribution in [2.24, 2.45) is 0 Å². The first-order chi connectivity index (χ1) is 34.2. The van der Waals surface area contributed by atoms with Gasteiger partial charge in [0.15, 0.2) is 0 Å². The molecule has 320 valence electrons. The van der Waals surface area contributed by atoms with Gasteiger partial charge in [-0.15, -0.1) is 0 Å². The van der Waals surface area contributed by atoms with E-state index in [0.717, 1.165) is 39.2 Å². The van der Waals surface area contributed by atoms with Crippen LogP contribution in [-0.4, -0.2) is 0 Å². The van der Waals surface area contributed by atoms with Gasteiger partial charge in [0, 0.05) is 33.2 Å². The Hall–Kier alpha value is -8.98. The zero-order chi connectivity index (χ0) is 45.2. The summed E-state index contributed by atoms with van der Waals surface area (Å²) in [5, 5.41) is 9.74. The molecule has 2 aliphatic carbocycles. The Balaban J connectivity index is 0.939. The van der Waals surface area contributed by atoms with Crippen LogP contribution in [0, 0.1) is 0 Å². The van der Waals surface area contributed by atoms with Crippen LogP contribution in [0.15, 0.2) is 253 Å². The van der Waals surface area contributed by atoms with Gasteiger partial charge in [-0.3, -0.25) is 0 Å². The highest BCUT2D eigenvalue weighted by Gasteiger charge is 2.51. The fourth-order valence-corrected chi connectivity index (χ4v) is 12.4. The molecule has 15 rings (SSSR count). The van der Waals surface area contributed by atoms with Crippen molar-refractivity contribution in [3.63, 3.8) is 0 Å². The van der Waals surface area contributed by atoms with Gasteiger partial charge in [-0.25, -0.2) is 0 Å². The number of para-hydroxylation sites is 1. The van der Waals surface area contributed by atoms with E-state index in [1.165, 1.54) is 98.9 Å². The number of hydrogen-bond donors (Lipinski definition) is 0. The molecular weight excluding hydrogens is 835 g/mol. The molecule has 0 saturated heterocycles. The molecule has 2 heteroatoms. The highest BCUT2D eigenvalue weighted by molar-refractivity contribution is 6.34. The molecule has 0 fully saturated rings. The van der Waals surface area contributed by atoms with Gasteiger partial charge in [0.25, 0.3) is 0 Å². The molecule has 0 amide bonds. The summed E-state index contributed by atoms with van der Waals surface area (Å²) in [4.78, 5) is 2.45. The number of fused-ring (bicyclic) bond motifs is 20. The van der Waals surface area contributed by atoms with Crippen LogP contribution in [-0.2, 0) is 5.41 Å². The van der Waals surface area contributed by atoms with Crippen LogP contribution >= 0.6 is 0 Å². The second-order valence-electron chi connectivity index (χ2n) is 18.7. The summed E-state index contributed by atoms with van der Waals surface area (Å²) in [7, 11) is 0. The maximum absolute atomic E-state index is 6.45. The minimum atomic E-state index is -0.452. The minimum Gasteiger partial charge on any atom is -0.456 e. The zero-order valence-corrected chi connectivity index (χ0v) is 37.5. The molecule has 0 atom stereocenters. The molecule has 1 heterocycles. The van der Waals surface area contributed by atoms with E-state index in [1.807, 2.05) is 0 Å². The predicted molar refractivity (Wildman–Crippen MR) is 288 cm³/mol. The van der Waals surface area contributed by atoms with Gasteiger partial charge in [0.1, 0.15) is 11.2 Å². The molecule has 12 aromatic carbocycles. The molecule has 2 aliphatic rings. The molecular formula is C67H41NO. The summed E-state index contributed by atoms with van der Waals surface area (Å²) in [6, 6.07) is 91.9. The van der Waals surface area contributed by atoms with E-state index in [2.05, 4.69) is 254 Å². The van der Waals surface area contributed by atoms with Crippen molar-refractivity contribution >= 4 is 71.3 Å². The number of anilines is 3. The Kier molecular flexibility index (Phi) is 8.02. The predicted octanol–water partition coefficient (Wildman–Crippen LogP) is 18.2. The molecule has 0 N–H and O–H groups in total. The van der Waals surface area contributed by atoms with Crippen LogP contribution in [0.5, 0.6) is 0 Å². The van der Waals surface area contributed by atoms with Gasteiger partial charge in [-0.1, -0.05) is 188 Å². The molecule has 0 aliphatic heterocycles. The summed E-state index contributed by atoms with van der Waals surface area (Å²) in [5.74, 6) is 0. The van der Waals surface area contributed by atoms with E-state index in [-0.39, 0.29) is 0 Å². The van der Waals surface area contributed by atoms with Crippen LogP contribution in [0.2, 0.25) is 0 Å². The first kappa shape index (κ1) is 38.2. The van der Waals surface area contributed by atoms with Crippen molar-refractivity contribution in [1.29, 1.82) is 0 Å². The molecule has 13 aromatic rings. The monoisotopic (exact) mass is 875 g/mol. The Morgan fingerprint density at radius 3 is 1.51 bits per heavy atom. The highest BCUT2D eigenvalue weighted by atomic mass is 16.3. The number of nitrogens with zero attached hydrogens (tertiary/aromatic N) is 1. The zero-order valence-electron chi connectivity index (χ0n) is 37.5. The summed E-state index contributed by atoms with van der Waals surface area (Å²) in [5.41, 5.74) is 19.9. The van der Waals surface area contributed by atoms with Gasteiger partial charge < -0.3 is 9.32 Å². The Bertz CT molecular complexity index is 4190. The first-order valence-corrected chi connectivity index (χ1v) is 23.9. The summed E-state index contributed by atoms with van der Waals surface area (Å²) in [6.45, 7) is 0. The Labute approximate surface area is 399 Å². The van der Waals surface area contributed by atoms with Crippen molar-refractivity contribution in [2.45, 2.75) is 5.41 Å². The third kappa shape index (κ3) is 5.37. The maximum Gasteiger partial charge on any atom is 0.136 e. The lowest BCUT2D eigenvalue weighted by atomic mass is 9.70. The van der Waals surface area contributed by atoms with E-state index in [1.54, 1.807) is 0 Å². The molecule has 0 radical (unpaired) electrons. The second kappa shape index (κ2) is 14.5. The quantitative estimate of drug-likeness (QED) is 0.160. The van der Waals surface area contributed by atoms with Crippen molar-refractivity contribution in [2.75, 3.05) is 4.90 Å². The normalized spacial score (nSPS) is 13.0. The standard InChI is InChI=1S/C67H41NO/c1-2-15-42(16-3-1)43-29-32-46(33-30-43)68(48-34-36-54-53-22-8-12-27-61(53)67(62(54)41-48)59-25-10-6-20-51(59)52-21-7-11-26-60(52)67)47-18-14-17-44(39-47)45-31-35-50-49-19-4-5-23-55(49)65-56(58(50)40-45)37-38-64-66(65)57-24-9-13-28-63(57)69-64/h1-41H. The SMILES string of the molecule is c1ccc(-c2ccc(N(c3cccc(-c4ccc5c6ccccc6c6c(ccc7oc8ccccc8c76)c5c4)c3)c3ccc4c(c3)C3(c5ccccc5-c5ccccc53)c3ccccc3-4)cc2)cc1. The van der Waals surface area contributed by atoms with E-state index in [9.17, 15) is 0 Å². The topological polar surface area (TPSA) is 16.4 Å². The smallest absolute Gasteiger partial charge is 0.136 e. The third-order valence-corrected chi connectivity index (χ3v) is 15.2. The lowest BCUT2D eigenvalue weighted by molar-refractivity contribution is 0.669. The summed E-state index contributed by atoms with van der Waals surface area (Å²) in [6.07, 6.45) is 0. The summed E-state index contributed by atoms with van der Waals surface area (Å²) < 4.78 is 6.45. The summed E-state index contributed by atoms with van der Waals surface area (Å²) >= 11 is 0. The molecule has 1 spiro atoms. The van der Waals surface area contributed by atoms with Gasteiger partial charge in [-0.2, -0.15) is 0 Å². The van der Waals surface area contributed by atoms with Gasteiger partial charge in [0.05, 0.1) is 5.41 Å². The van der Waals surface area contributed by atoms with Crippen LogP contribution in [0.3, 0.4) is 0 Å². The van der Waals surface area contributed by atoms with Crippen molar-refractivity contribution in [3.8, 4) is 44.5 Å². The molecule has 1 aromatic heterocycles. The van der Waals surface area contributed by atoms with Crippen LogP contribution in [0.1, 0.15) is 22.3 Å². The largest absolute Gasteiger partial charge is 0.456 e. The average molecular weight is 876 g/mol. The van der Waals surface area contributed by atoms with Crippen LogP contribution in [0.25, 0.3) is 98.8 Å². The fourth-order valence-electron chi connectivity index (χ4n) is 12.4. The van der Waals surface area contributed by atoms with E-state index in [0.29, 0.717) is 0 Å². The number of benzene rings is 12. The van der Waals surface area contributed by atoms with E-state index >= 15 is 0 Å². The van der Waals surface area contributed by atoms with Crippen molar-refractivity contribution < 1.29 is 4.42 Å². The first-order valence-electron chi connectivity index (χ1n) is 23.9. The van der Waals surface area contributed by atoms with Gasteiger partial charge in [0.2, 0.25) is 0 Å². The average Bonchev–Trinajstić information content (AvgIpc) is 4.05. The highest BCUT2D eigenvalue weighted by Crippen LogP contribution is 2.63. The Morgan fingerprint density at radius 1 is 0.261 bits per heavy atom. The van der Waals surface area contributed by atoms with E-state index in [4.69, 9.17) is 4.42 Å². The van der Waals surface area contributed by atoms with Crippen molar-refractivity contribution in [3.05, 3.63) is 271 Å². The van der Waals surface area contributed by atoms with E-state index < -0.39 is 5.41 Å². The fraction of sp³-hybridized carbons (Fsp3) is 0.0149. The lowest BCUT2D eigenvalue weighted by Gasteiger charge is -2.32. The molecule has 0 bridgehead atoms. The van der Waals surface area contributed by atoms with Crippen molar-refractivity contribution in [1.82, 2.24) is 0 Å². The number of rotatable bonds is 5. The third-order valence-electron chi connectivity index (χ3n) is 15.2. The number of hydrogen-bond acceptors (Lipinski definition) is 2. The van der Waals surface area contributed by atoms with Crippen LogP contribution in [0.4, 0.5) is 17.1 Å². The van der Waals surface area contributed by atoms with Gasteiger partial charge in [-0.05, 0) is 154 Å². The van der Waals surface area contributed by atoms with Crippen LogP contribution < -0.4 is 4.90 Å². The molecule has 0 saturated carbocycles. The molecule has 0 unspecified atom stereocenters. The van der Waals surface area contributed by atoms with Gasteiger partial charge >= 0.3 is 0 Å². The second-order valence-corrected chi connectivity index (χ2v) is 18.7. The Morgan fingerprint density at radius 2 is 0.768 bits per heavy atom.